The molecule has 0 unspecified atom stereocenters. The summed E-state index contributed by atoms with van der Waals surface area (Å²) in [6.07, 6.45) is -0.254. The van der Waals surface area contributed by atoms with Gasteiger partial charge in [0.1, 0.15) is 11.2 Å². The van der Waals surface area contributed by atoms with Crippen LogP contribution in [-0.2, 0) is 17.7 Å². The van der Waals surface area contributed by atoms with Crippen molar-refractivity contribution in [1.82, 2.24) is 10.2 Å². The van der Waals surface area contributed by atoms with Crippen molar-refractivity contribution in [2.24, 2.45) is 0 Å². The van der Waals surface area contributed by atoms with E-state index in [9.17, 15) is 14.4 Å². The zero-order chi connectivity index (χ0) is 26.8. The Hall–Kier alpha value is -3.32. The maximum Gasteiger partial charge on any atom is 0.410 e. The number of carbonyl (C=O) groups excluding carboxylic acids is 3. The zero-order valence-corrected chi connectivity index (χ0v) is 23.8. The van der Waals surface area contributed by atoms with Crippen LogP contribution in [0.5, 0.6) is 11.5 Å². The van der Waals surface area contributed by atoms with Crippen molar-refractivity contribution < 1.29 is 28.6 Å². The summed E-state index contributed by atoms with van der Waals surface area (Å²) < 4.78 is 17.4. The van der Waals surface area contributed by atoms with E-state index in [-0.39, 0.29) is 12.0 Å². The summed E-state index contributed by atoms with van der Waals surface area (Å²) in [6.45, 7) is 5.25. The van der Waals surface area contributed by atoms with Crippen LogP contribution in [0.4, 0.5) is 9.80 Å². The Kier molecular flexibility index (Phi) is 7.75. The Morgan fingerprint density at radius 1 is 1.11 bits per heavy atom. The number of amides is 2. The standard InChI is InChI=1S/C27H26IN3O6S/c1-3-35-20-13-15(9-10-19(20)37-26(33)16-7-5-6-8-18(16)28)23-29-24(32)22-17-11-12-31(27(34)36-4-2)14-21(17)38-25(22)30-23/h5-10,13,23,30H,3-4,11-12,14H2,1-2H3,(H,29,32)/t23-/m0/s1. The highest BCUT2D eigenvalue weighted by atomic mass is 127. The number of nitrogens with one attached hydrogen (secondary N) is 2. The lowest BCUT2D eigenvalue weighted by Crippen LogP contribution is -2.39. The molecule has 1 aromatic heterocycles. The highest BCUT2D eigenvalue weighted by Crippen LogP contribution is 2.41. The molecule has 2 amide bonds. The second-order valence-corrected chi connectivity index (χ2v) is 10.9. The average molecular weight is 647 g/mol. The minimum Gasteiger partial charge on any atom is -0.490 e. The number of rotatable bonds is 6. The molecule has 0 spiro atoms. The van der Waals surface area contributed by atoms with Gasteiger partial charge < -0.3 is 29.7 Å². The van der Waals surface area contributed by atoms with Crippen molar-refractivity contribution >= 4 is 56.9 Å². The third-order valence-corrected chi connectivity index (χ3v) is 8.35. The molecule has 0 saturated heterocycles. The normalized spacial score (nSPS) is 16.0. The quantitative estimate of drug-likeness (QED) is 0.212. The molecule has 0 bridgehead atoms. The van der Waals surface area contributed by atoms with E-state index < -0.39 is 12.1 Å². The average Bonchev–Trinajstić information content (AvgIpc) is 3.28. The van der Waals surface area contributed by atoms with Gasteiger partial charge in [0.25, 0.3) is 5.91 Å². The van der Waals surface area contributed by atoms with Crippen molar-refractivity contribution in [2.75, 3.05) is 25.1 Å². The van der Waals surface area contributed by atoms with Crippen LogP contribution in [0.1, 0.15) is 56.7 Å². The Bertz CT molecular complexity index is 1410. The Balaban J connectivity index is 1.37. The first-order valence-electron chi connectivity index (χ1n) is 12.3. The second kappa shape index (κ2) is 11.2. The summed E-state index contributed by atoms with van der Waals surface area (Å²) in [5, 5.41) is 7.22. The largest absolute Gasteiger partial charge is 0.490 e. The monoisotopic (exact) mass is 647 g/mol. The van der Waals surface area contributed by atoms with Gasteiger partial charge in [-0.15, -0.1) is 11.3 Å². The zero-order valence-electron chi connectivity index (χ0n) is 20.8. The highest BCUT2D eigenvalue weighted by Gasteiger charge is 2.35. The Labute approximate surface area is 237 Å². The number of anilines is 1. The fourth-order valence-electron chi connectivity index (χ4n) is 4.49. The highest BCUT2D eigenvalue weighted by molar-refractivity contribution is 14.1. The molecular formula is C27H26IN3O6S. The van der Waals surface area contributed by atoms with E-state index in [1.54, 1.807) is 42.2 Å². The van der Waals surface area contributed by atoms with Crippen molar-refractivity contribution in [3.05, 3.63) is 73.2 Å². The molecule has 0 radical (unpaired) electrons. The van der Waals surface area contributed by atoms with E-state index >= 15 is 0 Å². The molecule has 198 valence electrons. The van der Waals surface area contributed by atoms with Gasteiger partial charge in [-0.2, -0.15) is 0 Å². The van der Waals surface area contributed by atoms with Gasteiger partial charge in [-0.25, -0.2) is 9.59 Å². The lowest BCUT2D eigenvalue weighted by atomic mass is 10.0. The molecule has 2 N–H and O–H groups in total. The first-order chi connectivity index (χ1) is 18.4. The third-order valence-electron chi connectivity index (χ3n) is 6.26. The summed E-state index contributed by atoms with van der Waals surface area (Å²) in [4.78, 5) is 40.8. The second-order valence-electron chi connectivity index (χ2n) is 8.64. The predicted molar refractivity (Wildman–Crippen MR) is 151 cm³/mol. The van der Waals surface area contributed by atoms with E-state index in [2.05, 4.69) is 33.2 Å². The summed E-state index contributed by atoms with van der Waals surface area (Å²) in [5.74, 6) is 0.0619. The maximum atomic E-state index is 13.2. The third kappa shape index (κ3) is 5.17. The van der Waals surface area contributed by atoms with Gasteiger partial charge >= 0.3 is 12.1 Å². The lowest BCUT2D eigenvalue weighted by molar-refractivity contribution is 0.0727. The van der Waals surface area contributed by atoms with E-state index in [0.29, 0.717) is 55.4 Å². The molecule has 0 saturated carbocycles. The molecular weight excluding hydrogens is 621 g/mol. The molecule has 9 nitrogen and oxygen atoms in total. The van der Waals surface area contributed by atoms with Gasteiger partial charge in [-0.3, -0.25) is 4.79 Å². The molecule has 3 aromatic rings. The Morgan fingerprint density at radius 3 is 2.68 bits per heavy atom. The van der Waals surface area contributed by atoms with Crippen molar-refractivity contribution in [2.45, 2.75) is 33.0 Å². The minimum atomic E-state index is -0.504. The van der Waals surface area contributed by atoms with Crippen LogP contribution in [0.2, 0.25) is 0 Å². The van der Waals surface area contributed by atoms with Crippen LogP contribution in [0.25, 0.3) is 0 Å². The molecule has 2 aliphatic heterocycles. The van der Waals surface area contributed by atoms with E-state index in [1.165, 1.54) is 11.3 Å². The number of thiophene rings is 1. The summed E-state index contributed by atoms with van der Waals surface area (Å²) in [5.41, 5.74) is 2.83. The van der Waals surface area contributed by atoms with Gasteiger partial charge in [0.2, 0.25) is 0 Å². The van der Waals surface area contributed by atoms with Crippen molar-refractivity contribution in [3.63, 3.8) is 0 Å². The summed E-state index contributed by atoms with van der Waals surface area (Å²) >= 11 is 3.58. The smallest absolute Gasteiger partial charge is 0.410 e. The molecule has 1 atom stereocenters. The van der Waals surface area contributed by atoms with Crippen LogP contribution >= 0.6 is 33.9 Å². The molecule has 38 heavy (non-hydrogen) atoms. The minimum absolute atomic E-state index is 0.169. The van der Waals surface area contributed by atoms with Crippen LogP contribution in [0.3, 0.4) is 0 Å². The number of nitrogens with zero attached hydrogens (tertiary/aromatic N) is 1. The van der Waals surface area contributed by atoms with Crippen LogP contribution < -0.4 is 20.1 Å². The molecule has 0 fully saturated rings. The number of carbonyl (C=O) groups is 3. The van der Waals surface area contributed by atoms with Gasteiger partial charge in [0, 0.05) is 15.0 Å². The SMILES string of the molecule is CCOC(=O)N1CCc2c(sc3c2C(=O)N[C@H](c2ccc(OC(=O)c4ccccc4I)c(OCC)c2)N3)C1. The fraction of sp³-hybridized carbons (Fsp3) is 0.296. The van der Waals surface area contributed by atoms with E-state index in [1.807, 2.05) is 19.1 Å². The summed E-state index contributed by atoms with van der Waals surface area (Å²) in [7, 11) is 0. The number of hydrogen-bond donors (Lipinski definition) is 2. The predicted octanol–water partition coefficient (Wildman–Crippen LogP) is 5.34. The number of halogens is 1. The molecule has 2 aliphatic rings. The maximum absolute atomic E-state index is 13.2. The van der Waals surface area contributed by atoms with Crippen LogP contribution in [0.15, 0.2) is 42.5 Å². The number of benzene rings is 2. The number of esters is 1. The lowest BCUT2D eigenvalue weighted by Gasteiger charge is -2.28. The molecule has 0 aliphatic carbocycles. The van der Waals surface area contributed by atoms with Gasteiger partial charge in [0.15, 0.2) is 11.5 Å². The van der Waals surface area contributed by atoms with E-state index in [4.69, 9.17) is 14.2 Å². The fourth-order valence-corrected chi connectivity index (χ4v) is 6.39. The van der Waals surface area contributed by atoms with Crippen molar-refractivity contribution in [3.8, 4) is 11.5 Å². The van der Waals surface area contributed by atoms with Gasteiger partial charge in [-0.05, 0) is 78.3 Å². The first kappa shape index (κ1) is 26.3. The number of fused-ring (bicyclic) bond motifs is 3. The van der Waals surface area contributed by atoms with Crippen molar-refractivity contribution in [1.29, 1.82) is 0 Å². The molecule has 11 heteroatoms. The van der Waals surface area contributed by atoms with Gasteiger partial charge in [-0.1, -0.05) is 18.2 Å². The molecule has 2 aromatic carbocycles. The van der Waals surface area contributed by atoms with Crippen LogP contribution in [0, 0.1) is 3.57 Å². The Morgan fingerprint density at radius 2 is 1.92 bits per heavy atom. The molecule has 5 rings (SSSR count). The van der Waals surface area contributed by atoms with E-state index in [0.717, 1.165) is 24.6 Å². The number of ether oxygens (including phenoxy) is 3. The number of hydrogen-bond acceptors (Lipinski definition) is 8. The molecule has 3 heterocycles. The topological polar surface area (TPSA) is 106 Å². The van der Waals surface area contributed by atoms with Gasteiger partial charge in [0.05, 0.1) is 30.9 Å². The van der Waals surface area contributed by atoms with Crippen LogP contribution in [-0.4, -0.2) is 42.6 Å². The summed E-state index contributed by atoms with van der Waals surface area (Å²) in [6, 6.07) is 12.4. The first-order valence-corrected chi connectivity index (χ1v) is 14.2.